The third-order valence-corrected chi connectivity index (χ3v) is 4.06. The quantitative estimate of drug-likeness (QED) is 0.875. The lowest BCUT2D eigenvalue weighted by Crippen LogP contribution is -2.23. The monoisotopic (exact) mass is 343 g/mol. The minimum atomic E-state index is -0.320. The molecule has 2 aromatic rings. The summed E-state index contributed by atoms with van der Waals surface area (Å²) >= 11 is 0. The van der Waals surface area contributed by atoms with Crippen LogP contribution in [0.2, 0.25) is 0 Å². The number of rotatable bonds is 5. The first-order valence-electron chi connectivity index (χ1n) is 8.24. The minimum absolute atomic E-state index is 0.00464. The molecule has 0 fully saturated rings. The summed E-state index contributed by atoms with van der Waals surface area (Å²) in [5, 5.41) is 10.1. The first kappa shape index (κ1) is 18.5. The van der Waals surface area contributed by atoms with Crippen molar-refractivity contribution in [1.29, 1.82) is 0 Å². The molecule has 1 aromatic heterocycles. The van der Waals surface area contributed by atoms with Crippen LogP contribution in [0.1, 0.15) is 30.8 Å². The van der Waals surface area contributed by atoms with E-state index in [0.29, 0.717) is 12.2 Å². The Hall–Kier alpha value is -2.83. The van der Waals surface area contributed by atoms with E-state index < -0.39 is 0 Å². The van der Waals surface area contributed by atoms with Crippen LogP contribution in [0.5, 0.6) is 0 Å². The van der Waals surface area contributed by atoms with Crippen molar-refractivity contribution < 1.29 is 9.59 Å². The lowest BCUT2D eigenvalue weighted by atomic mass is 10.2. The normalized spacial score (nSPS) is 10.4. The first-order valence-corrected chi connectivity index (χ1v) is 8.24. The second kappa shape index (κ2) is 7.83. The molecule has 7 nitrogen and oxygen atoms in total. The first-order chi connectivity index (χ1) is 11.8. The number of benzene rings is 1. The van der Waals surface area contributed by atoms with Crippen LogP contribution >= 0.6 is 0 Å². The van der Waals surface area contributed by atoms with Gasteiger partial charge in [-0.1, -0.05) is 12.1 Å². The molecular weight excluding hydrogens is 318 g/mol. The molecule has 0 radical (unpaired) electrons. The van der Waals surface area contributed by atoms with E-state index in [4.69, 9.17) is 0 Å². The molecule has 134 valence electrons. The van der Waals surface area contributed by atoms with Gasteiger partial charge in [0.2, 0.25) is 5.91 Å². The molecule has 1 aromatic carbocycles. The van der Waals surface area contributed by atoms with E-state index in [0.717, 1.165) is 29.2 Å². The zero-order valence-corrected chi connectivity index (χ0v) is 15.4. The Bertz CT molecular complexity index is 782. The van der Waals surface area contributed by atoms with Crippen molar-refractivity contribution in [2.24, 2.45) is 0 Å². The Morgan fingerprint density at radius 2 is 1.96 bits per heavy atom. The lowest BCUT2D eigenvalue weighted by Gasteiger charge is -2.15. The van der Waals surface area contributed by atoms with Gasteiger partial charge in [-0.2, -0.15) is 5.10 Å². The molecule has 0 unspecified atom stereocenters. The Labute approximate surface area is 148 Å². The Balaban J connectivity index is 2.06. The molecule has 0 atom stereocenters. The molecule has 0 saturated heterocycles. The number of carbonyl (C=O) groups is 2. The van der Waals surface area contributed by atoms with Crippen molar-refractivity contribution in [3.8, 4) is 0 Å². The summed E-state index contributed by atoms with van der Waals surface area (Å²) < 4.78 is 1.85. The van der Waals surface area contributed by atoms with Crippen LogP contribution in [0, 0.1) is 13.8 Å². The number of carbonyl (C=O) groups excluding carboxylic acids is 2. The maximum absolute atomic E-state index is 12.3. The molecule has 1 heterocycles. The van der Waals surface area contributed by atoms with Gasteiger partial charge in [-0.15, -0.1) is 0 Å². The van der Waals surface area contributed by atoms with Gasteiger partial charge in [0, 0.05) is 32.7 Å². The number of anilines is 2. The maximum Gasteiger partial charge on any atom is 0.323 e. The van der Waals surface area contributed by atoms with Crippen molar-refractivity contribution in [2.45, 2.75) is 40.8 Å². The highest BCUT2D eigenvalue weighted by Gasteiger charge is 2.13. The number of nitrogens with one attached hydrogen (secondary N) is 2. The van der Waals surface area contributed by atoms with Crippen molar-refractivity contribution in [3.05, 3.63) is 41.2 Å². The minimum Gasteiger partial charge on any atom is -0.342 e. The lowest BCUT2D eigenvalue weighted by molar-refractivity contribution is -0.128. The molecule has 2 N–H and O–H groups in total. The zero-order chi connectivity index (χ0) is 18.6. The smallest absolute Gasteiger partial charge is 0.323 e. The number of urea groups is 1. The fraction of sp³-hybridized carbons (Fsp3) is 0.389. The second-order valence-corrected chi connectivity index (χ2v) is 6.02. The van der Waals surface area contributed by atoms with E-state index in [-0.39, 0.29) is 11.9 Å². The summed E-state index contributed by atoms with van der Waals surface area (Å²) in [4.78, 5) is 25.3. The second-order valence-electron chi connectivity index (χ2n) is 6.02. The molecule has 0 aliphatic heterocycles. The molecular formula is C18H25N5O2. The summed E-state index contributed by atoms with van der Waals surface area (Å²) in [6, 6.07) is 7.12. The fourth-order valence-corrected chi connectivity index (χ4v) is 2.59. The van der Waals surface area contributed by atoms with Gasteiger partial charge >= 0.3 is 6.03 Å². The van der Waals surface area contributed by atoms with E-state index >= 15 is 0 Å². The predicted molar refractivity (Wildman–Crippen MR) is 98.6 cm³/mol. The molecule has 0 saturated carbocycles. The number of hydrogen-bond donors (Lipinski definition) is 2. The fourth-order valence-electron chi connectivity index (χ4n) is 2.59. The number of aryl methyl sites for hydroxylation is 2. The largest absolute Gasteiger partial charge is 0.342 e. The molecule has 0 spiro atoms. The van der Waals surface area contributed by atoms with Crippen LogP contribution in [-0.4, -0.2) is 33.7 Å². The third kappa shape index (κ3) is 4.59. The average molecular weight is 343 g/mol. The Kier molecular flexibility index (Phi) is 5.80. The van der Waals surface area contributed by atoms with Gasteiger partial charge < -0.3 is 15.5 Å². The zero-order valence-electron chi connectivity index (χ0n) is 15.4. The van der Waals surface area contributed by atoms with Crippen LogP contribution in [0.3, 0.4) is 0 Å². The molecule has 0 bridgehead atoms. The van der Waals surface area contributed by atoms with E-state index in [1.54, 1.807) is 11.9 Å². The van der Waals surface area contributed by atoms with Gasteiger partial charge in [0.15, 0.2) is 0 Å². The highest BCUT2D eigenvalue weighted by atomic mass is 16.2. The third-order valence-electron chi connectivity index (χ3n) is 4.06. The SMILES string of the molecule is CCn1nc(C)c(NC(=O)Nc2cccc(CN(C)C(C)=O)c2)c1C. The van der Waals surface area contributed by atoms with Gasteiger partial charge in [-0.05, 0) is 38.5 Å². The topological polar surface area (TPSA) is 79.3 Å². The highest BCUT2D eigenvalue weighted by molar-refractivity contribution is 6.00. The molecule has 2 rings (SSSR count). The predicted octanol–water partition coefficient (Wildman–Crippen LogP) is 3.14. The summed E-state index contributed by atoms with van der Waals surface area (Å²) in [7, 11) is 1.74. The van der Waals surface area contributed by atoms with Crippen LogP contribution in [0.15, 0.2) is 24.3 Å². The highest BCUT2D eigenvalue weighted by Crippen LogP contribution is 2.20. The molecule has 25 heavy (non-hydrogen) atoms. The van der Waals surface area contributed by atoms with Crippen molar-refractivity contribution in [1.82, 2.24) is 14.7 Å². The van der Waals surface area contributed by atoms with Crippen LogP contribution in [0.25, 0.3) is 0 Å². The average Bonchev–Trinajstić information content (AvgIpc) is 2.82. The number of nitrogens with zero attached hydrogens (tertiary/aromatic N) is 3. The van der Waals surface area contributed by atoms with Gasteiger partial charge in [-0.25, -0.2) is 4.79 Å². The standard InChI is InChI=1S/C18H25N5O2/c1-6-23-13(3)17(12(2)21-23)20-18(25)19-16-9-7-8-15(10-16)11-22(5)14(4)24/h7-10H,6,11H2,1-5H3,(H2,19,20,25). The summed E-state index contributed by atoms with van der Waals surface area (Å²) in [6.45, 7) is 8.57. The van der Waals surface area contributed by atoms with Gasteiger partial charge in [0.1, 0.15) is 0 Å². The number of hydrogen-bond acceptors (Lipinski definition) is 3. The van der Waals surface area contributed by atoms with Crippen molar-refractivity contribution in [2.75, 3.05) is 17.7 Å². The molecule has 0 aliphatic rings. The van der Waals surface area contributed by atoms with Crippen LogP contribution in [-0.2, 0) is 17.9 Å². The number of amides is 3. The van der Waals surface area contributed by atoms with Gasteiger partial charge in [0.05, 0.1) is 17.1 Å². The molecule has 0 aliphatic carbocycles. The Morgan fingerprint density at radius 3 is 2.56 bits per heavy atom. The summed E-state index contributed by atoms with van der Waals surface area (Å²) in [6.07, 6.45) is 0. The van der Waals surface area contributed by atoms with Crippen molar-refractivity contribution >= 4 is 23.3 Å². The van der Waals surface area contributed by atoms with Crippen molar-refractivity contribution in [3.63, 3.8) is 0 Å². The maximum atomic E-state index is 12.3. The van der Waals surface area contributed by atoms with Crippen LogP contribution in [0.4, 0.5) is 16.2 Å². The van der Waals surface area contributed by atoms with Crippen LogP contribution < -0.4 is 10.6 Å². The number of aromatic nitrogens is 2. The molecule has 7 heteroatoms. The van der Waals surface area contributed by atoms with Gasteiger partial charge in [0.25, 0.3) is 0 Å². The van der Waals surface area contributed by atoms with Gasteiger partial charge in [-0.3, -0.25) is 9.48 Å². The van der Waals surface area contributed by atoms with E-state index in [9.17, 15) is 9.59 Å². The summed E-state index contributed by atoms with van der Waals surface area (Å²) in [5.74, 6) is -0.00464. The van der Waals surface area contributed by atoms with E-state index in [1.807, 2.05) is 49.7 Å². The molecule has 3 amide bonds. The van der Waals surface area contributed by atoms with E-state index in [2.05, 4.69) is 15.7 Å². The Morgan fingerprint density at radius 1 is 1.24 bits per heavy atom. The summed E-state index contributed by atoms with van der Waals surface area (Å²) in [5.41, 5.74) is 4.05. The van der Waals surface area contributed by atoms with E-state index in [1.165, 1.54) is 6.92 Å².